The summed E-state index contributed by atoms with van der Waals surface area (Å²) in [4.78, 5) is 16.9. The number of hydrogen-bond acceptors (Lipinski definition) is 3. The Labute approximate surface area is 143 Å². The molecule has 5 nitrogen and oxygen atoms in total. The second-order valence-electron chi connectivity index (χ2n) is 6.55. The fourth-order valence-corrected chi connectivity index (χ4v) is 3.13. The number of aromatic nitrogens is 2. The first-order valence-electron chi connectivity index (χ1n) is 8.67. The summed E-state index contributed by atoms with van der Waals surface area (Å²) < 4.78 is 1.93. The van der Waals surface area contributed by atoms with E-state index in [4.69, 9.17) is 0 Å². The Balaban J connectivity index is 1.61. The third-order valence-electron chi connectivity index (χ3n) is 4.75. The van der Waals surface area contributed by atoms with E-state index in [0.717, 1.165) is 31.9 Å². The van der Waals surface area contributed by atoms with Crippen LogP contribution in [0.4, 0.5) is 0 Å². The molecule has 5 heteroatoms. The molecule has 1 amide bonds. The van der Waals surface area contributed by atoms with Crippen molar-refractivity contribution < 1.29 is 4.79 Å². The number of rotatable bonds is 5. The van der Waals surface area contributed by atoms with E-state index in [2.05, 4.69) is 48.1 Å². The molecule has 0 saturated carbocycles. The number of benzene rings is 1. The summed E-state index contributed by atoms with van der Waals surface area (Å²) in [6, 6.07) is 10.4. The van der Waals surface area contributed by atoms with E-state index in [0.29, 0.717) is 6.54 Å². The Bertz CT molecular complexity index is 692. The standard InChI is InChI=1S/C19H26N4O/c1-4-23-10-9-18(20-23)14-21-11-12-22(19(24)16(21)3)13-17-7-5-15(2)6-8-17/h5-10,16H,4,11-14H2,1-3H3/t16-/m0/s1. The molecule has 0 unspecified atom stereocenters. The SMILES string of the molecule is CCn1ccc(CN2CCN(Cc3ccc(C)cc3)C(=O)[C@@H]2C)n1. The zero-order chi connectivity index (χ0) is 17.1. The third kappa shape index (κ3) is 3.67. The van der Waals surface area contributed by atoms with Crippen LogP contribution >= 0.6 is 0 Å². The molecule has 128 valence electrons. The molecular weight excluding hydrogens is 300 g/mol. The lowest BCUT2D eigenvalue weighted by molar-refractivity contribution is -0.142. The first kappa shape index (κ1) is 16.7. The summed E-state index contributed by atoms with van der Waals surface area (Å²) in [7, 11) is 0. The van der Waals surface area contributed by atoms with Crippen molar-refractivity contribution in [2.45, 2.75) is 46.4 Å². The maximum atomic E-state index is 12.7. The van der Waals surface area contributed by atoms with Crippen molar-refractivity contribution in [2.24, 2.45) is 0 Å². The smallest absolute Gasteiger partial charge is 0.239 e. The lowest BCUT2D eigenvalue weighted by Crippen LogP contribution is -2.54. The zero-order valence-corrected chi connectivity index (χ0v) is 14.8. The average molecular weight is 326 g/mol. The zero-order valence-electron chi connectivity index (χ0n) is 14.8. The third-order valence-corrected chi connectivity index (χ3v) is 4.75. The molecule has 0 N–H and O–H groups in total. The van der Waals surface area contributed by atoms with E-state index in [1.807, 2.05) is 28.8 Å². The Morgan fingerprint density at radius 2 is 1.88 bits per heavy atom. The van der Waals surface area contributed by atoms with Crippen LogP contribution in [0.25, 0.3) is 0 Å². The van der Waals surface area contributed by atoms with Gasteiger partial charge in [-0.2, -0.15) is 5.10 Å². The fourth-order valence-electron chi connectivity index (χ4n) is 3.13. The van der Waals surface area contributed by atoms with Crippen LogP contribution in [-0.4, -0.2) is 44.6 Å². The minimum Gasteiger partial charge on any atom is -0.336 e. The van der Waals surface area contributed by atoms with Gasteiger partial charge in [-0.15, -0.1) is 0 Å². The van der Waals surface area contributed by atoms with Gasteiger partial charge in [-0.3, -0.25) is 14.4 Å². The van der Waals surface area contributed by atoms with Gasteiger partial charge in [0.1, 0.15) is 0 Å². The molecule has 0 spiro atoms. The van der Waals surface area contributed by atoms with Gasteiger partial charge in [-0.25, -0.2) is 0 Å². The number of carbonyl (C=O) groups is 1. The molecule has 1 aromatic carbocycles. The fraction of sp³-hybridized carbons (Fsp3) is 0.474. The first-order valence-corrected chi connectivity index (χ1v) is 8.67. The molecular formula is C19H26N4O. The van der Waals surface area contributed by atoms with E-state index >= 15 is 0 Å². The van der Waals surface area contributed by atoms with Gasteiger partial charge in [0.2, 0.25) is 5.91 Å². The van der Waals surface area contributed by atoms with Crippen molar-refractivity contribution in [3.05, 3.63) is 53.3 Å². The summed E-state index contributed by atoms with van der Waals surface area (Å²) >= 11 is 0. The molecule has 1 aromatic heterocycles. The van der Waals surface area contributed by atoms with Crippen molar-refractivity contribution >= 4 is 5.91 Å². The molecule has 3 rings (SSSR count). The topological polar surface area (TPSA) is 41.4 Å². The summed E-state index contributed by atoms with van der Waals surface area (Å²) in [5, 5.41) is 4.53. The summed E-state index contributed by atoms with van der Waals surface area (Å²) in [6.45, 7) is 10.1. The average Bonchev–Trinajstić information content (AvgIpc) is 3.04. The minimum atomic E-state index is -0.101. The molecule has 24 heavy (non-hydrogen) atoms. The number of nitrogens with zero attached hydrogens (tertiary/aromatic N) is 4. The number of piperazine rings is 1. The van der Waals surface area contributed by atoms with Crippen LogP contribution < -0.4 is 0 Å². The van der Waals surface area contributed by atoms with Crippen molar-refractivity contribution in [1.29, 1.82) is 0 Å². The van der Waals surface area contributed by atoms with E-state index in [1.54, 1.807) is 0 Å². The van der Waals surface area contributed by atoms with Gasteiger partial charge in [0, 0.05) is 38.9 Å². The molecule has 1 atom stereocenters. The van der Waals surface area contributed by atoms with Crippen molar-refractivity contribution in [3.63, 3.8) is 0 Å². The molecule has 0 bridgehead atoms. The maximum Gasteiger partial charge on any atom is 0.239 e. The van der Waals surface area contributed by atoms with Crippen molar-refractivity contribution in [2.75, 3.05) is 13.1 Å². The van der Waals surface area contributed by atoms with Gasteiger partial charge >= 0.3 is 0 Å². The Morgan fingerprint density at radius 3 is 2.54 bits per heavy atom. The van der Waals surface area contributed by atoms with E-state index in [1.165, 1.54) is 11.1 Å². The minimum absolute atomic E-state index is 0.101. The largest absolute Gasteiger partial charge is 0.336 e. The number of carbonyl (C=O) groups excluding carboxylic acids is 1. The van der Waals surface area contributed by atoms with Gasteiger partial charge in [-0.1, -0.05) is 29.8 Å². The van der Waals surface area contributed by atoms with Crippen LogP contribution in [0.5, 0.6) is 0 Å². The van der Waals surface area contributed by atoms with Crippen molar-refractivity contribution in [1.82, 2.24) is 19.6 Å². The molecule has 2 aromatic rings. The van der Waals surface area contributed by atoms with Gasteiger partial charge in [-0.05, 0) is 32.4 Å². The Hall–Kier alpha value is -2.14. The lowest BCUT2D eigenvalue weighted by atomic mass is 10.1. The molecule has 1 saturated heterocycles. The lowest BCUT2D eigenvalue weighted by Gasteiger charge is -2.38. The molecule has 1 aliphatic rings. The van der Waals surface area contributed by atoms with E-state index < -0.39 is 0 Å². The number of hydrogen-bond donors (Lipinski definition) is 0. The second-order valence-corrected chi connectivity index (χ2v) is 6.55. The van der Waals surface area contributed by atoms with Gasteiger partial charge < -0.3 is 4.90 Å². The number of aryl methyl sites for hydroxylation is 2. The van der Waals surface area contributed by atoms with Crippen LogP contribution in [-0.2, 0) is 24.4 Å². The highest BCUT2D eigenvalue weighted by molar-refractivity contribution is 5.82. The van der Waals surface area contributed by atoms with Crippen LogP contribution in [0, 0.1) is 6.92 Å². The number of amides is 1. The normalized spacial score (nSPS) is 19.0. The maximum absolute atomic E-state index is 12.7. The van der Waals surface area contributed by atoms with E-state index in [-0.39, 0.29) is 11.9 Å². The Morgan fingerprint density at radius 1 is 1.12 bits per heavy atom. The summed E-state index contributed by atoms with van der Waals surface area (Å²) in [6.07, 6.45) is 2.00. The molecule has 2 heterocycles. The van der Waals surface area contributed by atoms with Crippen LogP contribution in [0.2, 0.25) is 0 Å². The monoisotopic (exact) mass is 326 g/mol. The predicted octanol–water partition coefficient (Wildman–Crippen LogP) is 2.44. The highest BCUT2D eigenvalue weighted by Gasteiger charge is 2.31. The highest BCUT2D eigenvalue weighted by Crippen LogP contribution is 2.17. The molecule has 0 radical (unpaired) electrons. The van der Waals surface area contributed by atoms with Gasteiger partial charge in [0.25, 0.3) is 0 Å². The highest BCUT2D eigenvalue weighted by atomic mass is 16.2. The molecule has 1 fully saturated rings. The Kier molecular flexibility index (Phi) is 5.00. The van der Waals surface area contributed by atoms with E-state index in [9.17, 15) is 4.79 Å². The summed E-state index contributed by atoms with van der Waals surface area (Å²) in [5.74, 6) is 0.205. The predicted molar refractivity (Wildman–Crippen MR) is 94.4 cm³/mol. The van der Waals surface area contributed by atoms with Crippen LogP contribution in [0.3, 0.4) is 0 Å². The molecule has 1 aliphatic heterocycles. The summed E-state index contributed by atoms with van der Waals surface area (Å²) in [5.41, 5.74) is 3.47. The van der Waals surface area contributed by atoms with Crippen molar-refractivity contribution in [3.8, 4) is 0 Å². The van der Waals surface area contributed by atoms with Gasteiger partial charge in [0.05, 0.1) is 11.7 Å². The quantitative estimate of drug-likeness (QED) is 0.847. The van der Waals surface area contributed by atoms with Gasteiger partial charge in [0.15, 0.2) is 0 Å². The first-order chi connectivity index (χ1) is 11.6. The molecule has 0 aliphatic carbocycles. The second kappa shape index (κ2) is 7.18. The van der Waals surface area contributed by atoms with Crippen LogP contribution in [0.15, 0.2) is 36.5 Å². The van der Waals surface area contributed by atoms with Crippen LogP contribution in [0.1, 0.15) is 30.7 Å².